The molecule has 0 aliphatic heterocycles. The number of hydrogen-bond acceptors (Lipinski definition) is 4. The van der Waals surface area contributed by atoms with Gasteiger partial charge in [0.2, 0.25) is 0 Å². The summed E-state index contributed by atoms with van der Waals surface area (Å²) in [5, 5.41) is 3.25. The summed E-state index contributed by atoms with van der Waals surface area (Å²) < 4.78 is 10.9. The predicted octanol–water partition coefficient (Wildman–Crippen LogP) is 4.63. The van der Waals surface area contributed by atoms with Gasteiger partial charge in [0.25, 0.3) is 5.91 Å². The summed E-state index contributed by atoms with van der Waals surface area (Å²) in [7, 11) is 1.48. The number of nitrogen functional groups attached to an aromatic ring is 1. The Morgan fingerprint density at radius 3 is 2.50 bits per heavy atom. The van der Waals surface area contributed by atoms with Crippen LogP contribution in [0.3, 0.4) is 0 Å². The summed E-state index contributed by atoms with van der Waals surface area (Å²) in [6, 6.07) is 10.5. The Bertz CT molecular complexity index is 766. The third-order valence-electron chi connectivity index (χ3n) is 3.64. The number of benzene rings is 2. The van der Waals surface area contributed by atoms with E-state index in [1.54, 1.807) is 6.07 Å². The second kappa shape index (κ2) is 9.55. The van der Waals surface area contributed by atoms with Crippen molar-refractivity contribution in [3.8, 4) is 11.5 Å². The SMILES string of the molecule is COc1cc(N)c(Cl)cc1C(=O)NC(C)c1cccc(OC(C)C)c1.Cl. The van der Waals surface area contributed by atoms with Crippen LogP contribution in [-0.2, 0) is 0 Å². The van der Waals surface area contributed by atoms with Crippen LogP contribution in [0.2, 0.25) is 5.02 Å². The van der Waals surface area contributed by atoms with Crippen LogP contribution in [0.25, 0.3) is 0 Å². The van der Waals surface area contributed by atoms with Gasteiger partial charge in [-0.05, 0) is 44.5 Å². The first-order chi connectivity index (χ1) is 11.8. The molecule has 0 aromatic heterocycles. The maximum atomic E-state index is 12.6. The quantitative estimate of drug-likeness (QED) is 0.695. The molecule has 5 nitrogen and oxygen atoms in total. The lowest BCUT2D eigenvalue weighted by Gasteiger charge is -2.18. The molecule has 0 heterocycles. The van der Waals surface area contributed by atoms with Crippen molar-refractivity contribution in [3.05, 3.63) is 52.5 Å². The highest BCUT2D eigenvalue weighted by molar-refractivity contribution is 6.33. The predicted molar refractivity (Wildman–Crippen MR) is 108 cm³/mol. The van der Waals surface area contributed by atoms with E-state index in [0.29, 0.717) is 22.0 Å². The molecule has 2 rings (SSSR count). The van der Waals surface area contributed by atoms with Crippen LogP contribution >= 0.6 is 24.0 Å². The van der Waals surface area contributed by atoms with E-state index >= 15 is 0 Å². The molecule has 0 aliphatic rings. The Kier molecular flexibility index (Phi) is 8.06. The maximum Gasteiger partial charge on any atom is 0.255 e. The Hall–Kier alpha value is -2.11. The molecule has 1 atom stereocenters. The molecule has 1 amide bonds. The van der Waals surface area contributed by atoms with Crippen molar-refractivity contribution in [2.45, 2.75) is 32.9 Å². The van der Waals surface area contributed by atoms with Gasteiger partial charge in [0.05, 0.1) is 35.5 Å². The second-order valence-corrected chi connectivity index (χ2v) is 6.42. The summed E-state index contributed by atoms with van der Waals surface area (Å²) in [4.78, 5) is 12.6. The van der Waals surface area contributed by atoms with Crippen molar-refractivity contribution in [1.29, 1.82) is 0 Å². The summed E-state index contributed by atoms with van der Waals surface area (Å²) in [6.45, 7) is 5.84. The number of rotatable bonds is 6. The molecule has 1 unspecified atom stereocenters. The van der Waals surface area contributed by atoms with Crippen LogP contribution in [0.5, 0.6) is 11.5 Å². The number of nitrogens with two attached hydrogens (primary N) is 1. The summed E-state index contributed by atoms with van der Waals surface area (Å²) >= 11 is 6.03. The van der Waals surface area contributed by atoms with Gasteiger partial charge in [0.1, 0.15) is 11.5 Å². The lowest BCUT2D eigenvalue weighted by atomic mass is 10.1. The minimum atomic E-state index is -0.290. The third-order valence-corrected chi connectivity index (χ3v) is 3.97. The minimum absolute atomic E-state index is 0. The monoisotopic (exact) mass is 398 g/mol. The highest BCUT2D eigenvalue weighted by atomic mass is 35.5. The molecule has 2 aromatic rings. The lowest BCUT2D eigenvalue weighted by molar-refractivity contribution is 0.0936. The Morgan fingerprint density at radius 1 is 1.19 bits per heavy atom. The summed E-state index contributed by atoms with van der Waals surface area (Å²) in [5.74, 6) is 0.853. The van der Waals surface area contributed by atoms with Gasteiger partial charge in [-0.3, -0.25) is 4.79 Å². The van der Waals surface area contributed by atoms with Gasteiger partial charge in [0, 0.05) is 6.07 Å². The van der Waals surface area contributed by atoms with E-state index in [-0.39, 0.29) is 30.5 Å². The van der Waals surface area contributed by atoms with E-state index in [1.165, 1.54) is 13.2 Å². The van der Waals surface area contributed by atoms with Gasteiger partial charge < -0.3 is 20.5 Å². The van der Waals surface area contributed by atoms with Crippen molar-refractivity contribution in [3.63, 3.8) is 0 Å². The first-order valence-electron chi connectivity index (χ1n) is 8.02. The Balaban J connectivity index is 0.00000338. The number of anilines is 1. The molecule has 0 saturated carbocycles. The molecule has 0 saturated heterocycles. The van der Waals surface area contributed by atoms with E-state index in [0.717, 1.165) is 11.3 Å². The molecule has 26 heavy (non-hydrogen) atoms. The number of carbonyl (C=O) groups is 1. The molecule has 0 radical (unpaired) electrons. The molecule has 142 valence electrons. The molecule has 3 N–H and O–H groups in total. The van der Waals surface area contributed by atoms with E-state index < -0.39 is 0 Å². The average molecular weight is 399 g/mol. The molecule has 0 spiro atoms. The van der Waals surface area contributed by atoms with Crippen molar-refractivity contribution in [1.82, 2.24) is 5.32 Å². The number of hydrogen-bond donors (Lipinski definition) is 2. The Morgan fingerprint density at radius 2 is 1.88 bits per heavy atom. The third kappa shape index (κ3) is 5.44. The van der Waals surface area contributed by atoms with Crippen molar-refractivity contribution in [2.75, 3.05) is 12.8 Å². The first-order valence-corrected chi connectivity index (χ1v) is 8.40. The van der Waals surface area contributed by atoms with Crippen LogP contribution in [0.4, 0.5) is 5.69 Å². The van der Waals surface area contributed by atoms with Crippen LogP contribution in [0.15, 0.2) is 36.4 Å². The van der Waals surface area contributed by atoms with Crippen LogP contribution in [-0.4, -0.2) is 19.1 Å². The number of methoxy groups -OCH3 is 1. The van der Waals surface area contributed by atoms with E-state index in [2.05, 4.69) is 5.32 Å². The first kappa shape index (κ1) is 21.9. The zero-order chi connectivity index (χ0) is 18.6. The van der Waals surface area contributed by atoms with Crippen molar-refractivity contribution >= 4 is 35.6 Å². The number of amides is 1. The van der Waals surface area contributed by atoms with Crippen molar-refractivity contribution < 1.29 is 14.3 Å². The molecule has 0 bridgehead atoms. The van der Waals surface area contributed by atoms with E-state index in [9.17, 15) is 4.79 Å². The highest BCUT2D eigenvalue weighted by Crippen LogP contribution is 2.29. The zero-order valence-corrected chi connectivity index (χ0v) is 16.8. The largest absolute Gasteiger partial charge is 0.496 e. The Labute approximate surface area is 165 Å². The smallest absolute Gasteiger partial charge is 0.255 e. The van der Waals surface area contributed by atoms with Crippen LogP contribution < -0.4 is 20.5 Å². The van der Waals surface area contributed by atoms with Gasteiger partial charge in [0.15, 0.2) is 0 Å². The number of ether oxygens (including phenoxy) is 2. The standard InChI is InChI=1S/C19H23ClN2O3.ClH/c1-11(2)25-14-7-5-6-13(8-14)12(3)22-19(23)15-9-16(20)17(21)10-18(15)24-4;/h5-12H,21H2,1-4H3,(H,22,23);1H. The zero-order valence-electron chi connectivity index (χ0n) is 15.2. The fourth-order valence-electron chi connectivity index (χ4n) is 2.40. The topological polar surface area (TPSA) is 73.6 Å². The summed E-state index contributed by atoms with van der Waals surface area (Å²) in [6.07, 6.45) is 0.0846. The van der Waals surface area contributed by atoms with Gasteiger partial charge in [-0.1, -0.05) is 23.7 Å². The average Bonchev–Trinajstić information content (AvgIpc) is 2.56. The van der Waals surface area contributed by atoms with Gasteiger partial charge in [-0.25, -0.2) is 0 Å². The van der Waals surface area contributed by atoms with Gasteiger partial charge >= 0.3 is 0 Å². The second-order valence-electron chi connectivity index (χ2n) is 6.01. The molecule has 0 fully saturated rings. The number of nitrogens with one attached hydrogen (secondary N) is 1. The van der Waals surface area contributed by atoms with Gasteiger partial charge in [-0.2, -0.15) is 0 Å². The van der Waals surface area contributed by atoms with Crippen LogP contribution in [0.1, 0.15) is 42.7 Å². The molecule has 7 heteroatoms. The highest BCUT2D eigenvalue weighted by Gasteiger charge is 2.18. The number of halogens is 2. The normalized spacial score (nSPS) is 11.5. The van der Waals surface area contributed by atoms with E-state index in [4.69, 9.17) is 26.8 Å². The minimum Gasteiger partial charge on any atom is -0.496 e. The maximum absolute atomic E-state index is 12.6. The van der Waals surface area contributed by atoms with Crippen LogP contribution in [0, 0.1) is 0 Å². The fraction of sp³-hybridized carbons (Fsp3) is 0.316. The van der Waals surface area contributed by atoms with E-state index in [1.807, 2.05) is 45.0 Å². The molecular weight excluding hydrogens is 375 g/mol. The molecule has 2 aromatic carbocycles. The van der Waals surface area contributed by atoms with Gasteiger partial charge in [-0.15, -0.1) is 12.4 Å². The number of carbonyl (C=O) groups excluding carboxylic acids is 1. The summed E-state index contributed by atoms with van der Waals surface area (Å²) in [5.41, 5.74) is 7.39. The molecular formula is C19H24Cl2N2O3. The van der Waals surface area contributed by atoms with Crippen molar-refractivity contribution in [2.24, 2.45) is 0 Å². The fourth-order valence-corrected chi connectivity index (χ4v) is 2.57. The lowest BCUT2D eigenvalue weighted by Crippen LogP contribution is -2.27. The molecule has 0 aliphatic carbocycles.